The smallest absolute Gasteiger partial charge is 0.0351 e. The van der Waals surface area contributed by atoms with Gasteiger partial charge in [0.05, 0.1) is 0 Å². The molecule has 0 bridgehead atoms. The molecule has 1 heterocycles. The van der Waals surface area contributed by atoms with Crippen molar-refractivity contribution in [3.8, 4) is 0 Å². The Morgan fingerprint density at radius 1 is 1.43 bits per heavy atom. The SMILES string of the molecule is ClCCN1CCC1. The van der Waals surface area contributed by atoms with E-state index in [-0.39, 0.29) is 0 Å². The fraction of sp³-hybridized carbons (Fsp3) is 1.00. The highest BCUT2D eigenvalue weighted by molar-refractivity contribution is 6.18. The minimum absolute atomic E-state index is 0.792. The van der Waals surface area contributed by atoms with Gasteiger partial charge >= 0.3 is 0 Å². The van der Waals surface area contributed by atoms with Crippen LogP contribution in [0.3, 0.4) is 0 Å². The molecule has 2 heteroatoms. The maximum absolute atomic E-state index is 5.47. The van der Waals surface area contributed by atoms with Crippen molar-refractivity contribution in [1.29, 1.82) is 0 Å². The lowest BCUT2D eigenvalue weighted by Crippen LogP contribution is -2.38. The highest BCUT2D eigenvalue weighted by Crippen LogP contribution is 2.03. The van der Waals surface area contributed by atoms with Crippen molar-refractivity contribution in [3.05, 3.63) is 0 Å². The molecule has 0 saturated carbocycles. The van der Waals surface area contributed by atoms with Crippen molar-refractivity contribution in [1.82, 2.24) is 4.90 Å². The molecule has 1 nitrogen and oxygen atoms in total. The lowest BCUT2D eigenvalue weighted by molar-refractivity contribution is 0.193. The van der Waals surface area contributed by atoms with Crippen LogP contribution in [0, 0.1) is 0 Å². The lowest BCUT2D eigenvalue weighted by Gasteiger charge is -2.29. The Hall–Kier alpha value is 0.250. The van der Waals surface area contributed by atoms with Crippen molar-refractivity contribution in [2.24, 2.45) is 0 Å². The zero-order valence-corrected chi connectivity index (χ0v) is 5.12. The van der Waals surface area contributed by atoms with Gasteiger partial charge in [-0.25, -0.2) is 0 Å². The molecular formula is C5H10ClN. The molecule has 7 heavy (non-hydrogen) atoms. The van der Waals surface area contributed by atoms with Gasteiger partial charge in [0.2, 0.25) is 0 Å². The first kappa shape index (κ1) is 5.39. The molecule has 0 aromatic heterocycles. The molecule has 0 radical (unpaired) electrons. The number of alkyl halides is 1. The van der Waals surface area contributed by atoms with Gasteiger partial charge in [-0.05, 0) is 19.5 Å². The van der Waals surface area contributed by atoms with Gasteiger partial charge in [0.1, 0.15) is 0 Å². The fourth-order valence-corrected chi connectivity index (χ4v) is 0.964. The third-order valence-corrected chi connectivity index (χ3v) is 1.52. The number of likely N-dealkylation sites (tertiary alicyclic amines) is 1. The quantitative estimate of drug-likeness (QED) is 0.489. The zero-order chi connectivity index (χ0) is 5.11. The topological polar surface area (TPSA) is 3.24 Å². The second-order valence-corrected chi connectivity index (χ2v) is 2.26. The number of nitrogens with zero attached hydrogens (tertiary/aromatic N) is 1. The average Bonchev–Trinajstić information content (AvgIpc) is 1.55. The summed E-state index contributed by atoms with van der Waals surface area (Å²) in [4.78, 5) is 2.35. The molecule has 42 valence electrons. The molecule has 1 aliphatic heterocycles. The van der Waals surface area contributed by atoms with E-state index >= 15 is 0 Å². The fourth-order valence-electron chi connectivity index (χ4n) is 0.725. The van der Waals surface area contributed by atoms with Gasteiger partial charge in [0.15, 0.2) is 0 Å². The second-order valence-electron chi connectivity index (χ2n) is 1.88. The van der Waals surface area contributed by atoms with Crippen LogP contribution in [0.25, 0.3) is 0 Å². The Bertz CT molecular complexity index is 52.0. The molecular weight excluding hydrogens is 110 g/mol. The van der Waals surface area contributed by atoms with Crippen molar-refractivity contribution in [2.45, 2.75) is 6.42 Å². The number of hydrogen-bond donors (Lipinski definition) is 0. The summed E-state index contributed by atoms with van der Waals surface area (Å²) >= 11 is 5.47. The normalized spacial score (nSPS) is 21.9. The van der Waals surface area contributed by atoms with Crippen LogP contribution in [-0.4, -0.2) is 30.4 Å². The molecule has 1 aliphatic rings. The van der Waals surface area contributed by atoms with Crippen LogP contribution >= 0.6 is 11.6 Å². The Balaban J connectivity index is 1.93. The number of halogens is 1. The van der Waals surface area contributed by atoms with E-state index in [2.05, 4.69) is 4.90 Å². The van der Waals surface area contributed by atoms with Crippen molar-refractivity contribution in [2.75, 3.05) is 25.5 Å². The van der Waals surface area contributed by atoms with Gasteiger partial charge < -0.3 is 4.90 Å². The van der Waals surface area contributed by atoms with Crippen molar-refractivity contribution < 1.29 is 0 Å². The van der Waals surface area contributed by atoms with Crippen LogP contribution in [0.5, 0.6) is 0 Å². The van der Waals surface area contributed by atoms with Crippen LogP contribution in [0.2, 0.25) is 0 Å². The maximum atomic E-state index is 5.47. The van der Waals surface area contributed by atoms with E-state index in [4.69, 9.17) is 11.6 Å². The molecule has 1 rings (SSSR count). The summed E-state index contributed by atoms with van der Waals surface area (Å²) in [5.74, 6) is 0.792. The Morgan fingerprint density at radius 2 is 2.14 bits per heavy atom. The monoisotopic (exact) mass is 119 g/mol. The highest BCUT2D eigenvalue weighted by atomic mass is 35.5. The zero-order valence-electron chi connectivity index (χ0n) is 4.36. The van der Waals surface area contributed by atoms with Crippen molar-refractivity contribution in [3.63, 3.8) is 0 Å². The van der Waals surface area contributed by atoms with Gasteiger partial charge in [-0.1, -0.05) is 0 Å². The standard InChI is InChI=1S/C5H10ClN/c6-2-5-7-3-1-4-7/h1-5H2. The third kappa shape index (κ3) is 1.32. The minimum Gasteiger partial charge on any atom is -0.302 e. The van der Waals surface area contributed by atoms with E-state index in [1.54, 1.807) is 0 Å². The largest absolute Gasteiger partial charge is 0.302 e. The van der Waals surface area contributed by atoms with Crippen LogP contribution in [0.1, 0.15) is 6.42 Å². The van der Waals surface area contributed by atoms with Gasteiger partial charge in [0, 0.05) is 12.4 Å². The van der Waals surface area contributed by atoms with Gasteiger partial charge in [-0.15, -0.1) is 11.6 Å². The second kappa shape index (κ2) is 2.53. The van der Waals surface area contributed by atoms with Crippen LogP contribution in [0.4, 0.5) is 0 Å². The first-order valence-corrected chi connectivity index (χ1v) is 3.25. The van der Waals surface area contributed by atoms with Crippen LogP contribution < -0.4 is 0 Å². The van der Waals surface area contributed by atoms with E-state index in [1.165, 1.54) is 19.5 Å². The van der Waals surface area contributed by atoms with Gasteiger partial charge in [-0.3, -0.25) is 0 Å². The van der Waals surface area contributed by atoms with Gasteiger partial charge in [0.25, 0.3) is 0 Å². The molecule has 0 N–H and O–H groups in total. The molecule has 1 saturated heterocycles. The van der Waals surface area contributed by atoms with Crippen LogP contribution in [-0.2, 0) is 0 Å². The molecule has 0 amide bonds. The van der Waals surface area contributed by atoms with E-state index in [9.17, 15) is 0 Å². The van der Waals surface area contributed by atoms with E-state index in [0.717, 1.165) is 12.4 Å². The number of rotatable bonds is 2. The van der Waals surface area contributed by atoms with E-state index in [1.807, 2.05) is 0 Å². The molecule has 0 atom stereocenters. The van der Waals surface area contributed by atoms with E-state index in [0.29, 0.717) is 0 Å². The van der Waals surface area contributed by atoms with Gasteiger partial charge in [-0.2, -0.15) is 0 Å². The summed E-state index contributed by atoms with van der Waals surface area (Å²) in [6.45, 7) is 3.63. The molecule has 0 aromatic carbocycles. The molecule has 0 aliphatic carbocycles. The molecule has 0 spiro atoms. The molecule has 0 unspecified atom stereocenters. The number of hydrogen-bond acceptors (Lipinski definition) is 1. The Morgan fingerprint density at radius 3 is 2.29 bits per heavy atom. The predicted molar refractivity (Wildman–Crippen MR) is 31.8 cm³/mol. The summed E-state index contributed by atoms with van der Waals surface area (Å²) in [5, 5.41) is 0. The average molecular weight is 120 g/mol. The Labute approximate surface area is 49.3 Å². The first-order valence-electron chi connectivity index (χ1n) is 2.72. The molecule has 1 fully saturated rings. The molecule has 0 aromatic rings. The summed E-state index contributed by atoms with van der Waals surface area (Å²) in [6, 6.07) is 0. The van der Waals surface area contributed by atoms with Crippen molar-refractivity contribution >= 4 is 11.6 Å². The summed E-state index contributed by atoms with van der Waals surface area (Å²) in [7, 11) is 0. The highest BCUT2D eigenvalue weighted by Gasteiger charge is 2.10. The summed E-state index contributed by atoms with van der Waals surface area (Å²) in [5.41, 5.74) is 0. The predicted octanol–water partition coefficient (Wildman–Crippen LogP) is 0.931. The third-order valence-electron chi connectivity index (χ3n) is 1.35. The van der Waals surface area contributed by atoms with Crippen LogP contribution in [0.15, 0.2) is 0 Å². The summed E-state index contributed by atoms with van der Waals surface area (Å²) < 4.78 is 0. The first-order chi connectivity index (χ1) is 3.43. The minimum atomic E-state index is 0.792. The Kier molecular flexibility index (Phi) is 1.95. The summed E-state index contributed by atoms with van der Waals surface area (Å²) in [6.07, 6.45) is 1.37. The van der Waals surface area contributed by atoms with E-state index < -0.39 is 0 Å². The lowest BCUT2D eigenvalue weighted by atomic mass is 10.2. The maximum Gasteiger partial charge on any atom is 0.0351 e.